The molecule has 1 aliphatic carbocycles. The van der Waals surface area contributed by atoms with Crippen LogP contribution in [0, 0.1) is 22.7 Å². The van der Waals surface area contributed by atoms with E-state index < -0.39 is 0 Å². The predicted octanol–water partition coefficient (Wildman–Crippen LogP) is 4.51. The topological polar surface area (TPSA) is 41.6 Å². The van der Waals surface area contributed by atoms with E-state index in [0.29, 0.717) is 6.04 Å². The summed E-state index contributed by atoms with van der Waals surface area (Å²) >= 11 is 0. The van der Waals surface area contributed by atoms with E-state index in [4.69, 9.17) is 0 Å². The Balaban J connectivity index is 2.04. The smallest absolute Gasteiger partial charge is 0.0693 e. The van der Waals surface area contributed by atoms with Crippen molar-refractivity contribution in [1.82, 2.24) is 9.78 Å². The number of rotatable bonds is 5. The number of nitrogens with zero attached hydrogens (tertiary/aromatic N) is 3. The fourth-order valence-corrected chi connectivity index (χ4v) is 3.22. The summed E-state index contributed by atoms with van der Waals surface area (Å²) < 4.78 is 2.04. The van der Waals surface area contributed by atoms with E-state index >= 15 is 0 Å². The minimum atomic E-state index is -0.166. The van der Waals surface area contributed by atoms with Gasteiger partial charge in [0.05, 0.1) is 17.2 Å². The van der Waals surface area contributed by atoms with Gasteiger partial charge in [-0.1, -0.05) is 20.3 Å². The Morgan fingerprint density at radius 1 is 1.45 bits per heavy atom. The van der Waals surface area contributed by atoms with Crippen LogP contribution in [0.1, 0.15) is 71.0 Å². The normalized spacial score (nSPS) is 28.0. The Morgan fingerprint density at radius 3 is 2.70 bits per heavy atom. The van der Waals surface area contributed by atoms with Crippen LogP contribution in [0.3, 0.4) is 0 Å². The third-order valence-electron chi connectivity index (χ3n) is 5.10. The standard InChI is InChI=1S/C17H27N3/c1-4-14(3)20-11-8-16(19-20)12-17(13-18)9-6-15(5-2)7-10-17/h8,11,14-15H,4-7,9-10,12H2,1-3H3. The fraction of sp³-hybridized carbons (Fsp3) is 0.765. The Bertz CT molecular complexity index is 461. The first kappa shape index (κ1) is 15.1. The summed E-state index contributed by atoms with van der Waals surface area (Å²) in [5, 5.41) is 14.3. The second-order valence-electron chi connectivity index (χ2n) is 6.46. The molecule has 0 amide bonds. The number of hydrogen-bond acceptors (Lipinski definition) is 2. The molecule has 1 heterocycles. The van der Waals surface area contributed by atoms with Crippen LogP contribution in [-0.4, -0.2) is 9.78 Å². The highest BCUT2D eigenvalue weighted by atomic mass is 15.3. The Kier molecular flexibility index (Phi) is 4.86. The van der Waals surface area contributed by atoms with Crippen molar-refractivity contribution in [1.29, 1.82) is 5.26 Å². The third-order valence-corrected chi connectivity index (χ3v) is 5.10. The molecule has 1 unspecified atom stereocenters. The molecular weight excluding hydrogens is 246 g/mol. The van der Waals surface area contributed by atoms with Gasteiger partial charge in [0.2, 0.25) is 0 Å². The third kappa shape index (κ3) is 3.23. The molecule has 1 saturated carbocycles. The second-order valence-corrected chi connectivity index (χ2v) is 6.46. The Morgan fingerprint density at radius 2 is 2.15 bits per heavy atom. The summed E-state index contributed by atoms with van der Waals surface area (Å²) in [6.45, 7) is 6.62. The quantitative estimate of drug-likeness (QED) is 0.792. The molecule has 0 spiro atoms. The molecule has 2 rings (SSSR count). The van der Waals surface area contributed by atoms with Gasteiger partial charge in [0.25, 0.3) is 0 Å². The zero-order valence-corrected chi connectivity index (χ0v) is 13.1. The maximum absolute atomic E-state index is 9.64. The van der Waals surface area contributed by atoms with Crippen molar-refractivity contribution in [3.8, 4) is 6.07 Å². The molecule has 1 aromatic rings. The molecule has 3 nitrogen and oxygen atoms in total. The molecule has 20 heavy (non-hydrogen) atoms. The van der Waals surface area contributed by atoms with Crippen molar-refractivity contribution < 1.29 is 0 Å². The molecule has 0 N–H and O–H groups in total. The van der Waals surface area contributed by atoms with E-state index in [-0.39, 0.29) is 5.41 Å². The van der Waals surface area contributed by atoms with Gasteiger partial charge < -0.3 is 0 Å². The number of nitriles is 1. The van der Waals surface area contributed by atoms with Crippen molar-refractivity contribution in [3.63, 3.8) is 0 Å². The highest BCUT2D eigenvalue weighted by molar-refractivity contribution is 5.11. The van der Waals surface area contributed by atoms with E-state index in [1.807, 2.05) is 4.68 Å². The molecule has 0 bridgehead atoms. The largest absolute Gasteiger partial charge is 0.270 e. The zero-order chi connectivity index (χ0) is 14.6. The average molecular weight is 273 g/mol. The first-order valence-electron chi connectivity index (χ1n) is 8.07. The highest BCUT2D eigenvalue weighted by Crippen LogP contribution is 2.41. The van der Waals surface area contributed by atoms with Crippen LogP contribution in [0.2, 0.25) is 0 Å². The maximum Gasteiger partial charge on any atom is 0.0693 e. The van der Waals surface area contributed by atoms with Crippen LogP contribution in [0.25, 0.3) is 0 Å². The van der Waals surface area contributed by atoms with Gasteiger partial charge in [0, 0.05) is 18.7 Å². The molecule has 3 heteroatoms. The molecule has 1 aliphatic rings. The summed E-state index contributed by atoms with van der Waals surface area (Å²) in [4.78, 5) is 0. The minimum absolute atomic E-state index is 0.166. The molecule has 110 valence electrons. The summed E-state index contributed by atoms with van der Waals surface area (Å²) in [5.41, 5.74) is 0.919. The number of aromatic nitrogens is 2. The lowest BCUT2D eigenvalue weighted by Gasteiger charge is -2.34. The Labute approximate surface area is 123 Å². The Hall–Kier alpha value is -1.30. The van der Waals surface area contributed by atoms with Crippen LogP contribution in [0.5, 0.6) is 0 Å². The average Bonchev–Trinajstić information content (AvgIpc) is 2.95. The second kappa shape index (κ2) is 6.43. The molecule has 0 saturated heterocycles. The van der Waals surface area contributed by atoms with Crippen molar-refractivity contribution in [2.24, 2.45) is 11.3 Å². The van der Waals surface area contributed by atoms with E-state index in [1.165, 1.54) is 19.3 Å². The molecular formula is C17H27N3. The molecule has 0 aromatic carbocycles. The van der Waals surface area contributed by atoms with Crippen LogP contribution in [0.15, 0.2) is 12.3 Å². The molecule has 1 aromatic heterocycles. The van der Waals surface area contributed by atoms with E-state index in [2.05, 4.69) is 44.2 Å². The van der Waals surface area contributed by atoms with E-state index in [9.17, 15) is 5.26 Å². The first-order chi connectivity index (χ1) is 9.62. The van der Waals surface area contributed by atoms with Crippen molar-refractivity contribution in [2.75, 3.05) is 0 Å². The zero-order valence-electron chi connectivity index (χ0n) is 13.1. The lowest BCUT2D eigenvalue weighted by molar-refractivity contribution is 0.203. The lowest BCUT2D eigenvalue weighted by Crippen LogP contribution is -2.28. The van der Waals surface area contributed by atoms with Gasteiger partial charge in [-0.05, 0) is 51.0 Å². The molecule has 1 atom stereocenters. The summed E-state index contributed by atoms with van der Waals surface area (Å²) in [7, 11) is 0. The van der Waals surface area contributed by atoms with Gasteiger partial charge in [-0.3, -0.25) is 4.68 Å². The van der Waals surface area contributed by atoms with Gasteiger partial charge in [-0.25, -0.2) is 0 Å². The van der Waals surface area contributed by atoms with Crippen LogP contribution in [0.4, 0.5) is 0 Å². The fourth-order valence-electron chi connectivity index (χ4n) is 3.22. The molecule has 0 radical (unpaired) electrons. The van der Waals surface area contributed by atoms with Crippen molar-refractivity contribution in [3.05, 3.63) is 18.0 Å². The van der Waals surface area contributed by atoms with E-state index in [0.717, 1.165) is 37.3 Å². The van der Waals surface area contributed by atoms with E-state index in [1.54, 1.807) is 0 Å². The lowest BCUT2D eigenvalue weighted by atomic mass is 9.68. The first-order valence-corrected chi connectivity index (χ1v) is 8.07. The molecule has 0 aliphatic heterocycles. The monoisotopic (exact) mass is 273 g/mol. The van der Waals surface area contributed by atoms with Crippen molar-refractivity contribution >= 4 is 0 Å². The van der Waals surface area contributed by atoms with Crippen LogP contribution in [-0.2, 0) is 6.42 Å². The SMILES string of the molecule is CCC1CCC(C#N)(Cc2ccn(C(C)CC)n2)CC1. The van der Waals surface area contributed by atoms with Crippen LogP contribution < -0.4 is 0 Å². The summed E-state index contributed by atoms with van der Waals surface area (Å²) in [6.07, 6.45) is 9.71. The van der Waals surface area contributed by atoms with Crippen LogP contribution >= 0.6 is 0 Å². The van der Waals surface area contributed by atoms with Gasteiger partial charge in [0.15, 0.2) is 0 Å². The van der Waals surface area contributed by atoms with Gasteiger partial charge in [0.1, 0.15) is 0 Å². The minimum Gasteiger partial charge on any atom is -0.270 e. The van der Waals surface area contributed by atoms with Gasteiger partial charge in [-0.2, -0.15) is 10.4 Å². The maximum atomic E-state index is 9.64. The highest BCUT2D eigenvalue weighted by Gasteiger charge is 2.35. The summed E-state index contributed by atoms with van der Waals surface area (Å²) in [6, 6.07) is 5.15. The predicted molar refractivity (Wildman–Crippen MR) is 81.2 cm³/mol. The van der Waals surface area contributed by atoms with Gasteiger partial charge in [-0.15, -0.1) is 0 Å². The van der Waals surface area contributed by atoms with Gasteiger partial charge >= 0.3 is 0 Å². The number of hydrogen-bond donors (Lipinski definition) is 0. The molecule has 1 fully saturated rings. The van der Waals surface area contributed by atoms with Crippen molar-refractivity contribution in [2.45, 2.75) is 71.8 Å². The summed E-state index contributed by atoms with van der Waals surface area (Å²) in [5.74, 6) is 0.828.